The predicted octanol–water partition coefficient (Wildman–Crippen LogP) is 3.99. The maximum absolute atomic E-state index is 12.9. The van der Waals surface area contributed by atoms with Crippen molar-refractivity contribution < 1.29 is 22.7 Å². The van der Waals surface area contributed by atoms with Crippen LogP contribution >= 0.6 is 0 Å². The highest BCUT2D eigenvalue weighted by Crippen LogP contribution is 2.25. The summed E-state index contributed by atoms with van der Waals surface area (Å²) >= 11 is 0. The van der Waals surface area contributed by atoms with Gasteiger partial charge in [0.2, 0.25) is 10.0 Å². The standard InChI is InChI=1S/C26H34N2O5S/c1-4-8-24(21-9-6-5-7-10-21)27-25(29)20(3)33-26(30)22-15-17-28(18-16-22)34(31,32)23-13-11-19(2)12-14-23/h5-7,9-14,20,22,24H,4,8,15-18H2,1-3H3,(H,27,29). The Kier molecular flexibility index (Phi) is 8.85. The van der Waals surface area contributed by atoms with E-state index >= 15 is 0 Å². The molecule has 3 rings (SSSR count). The van der Waals surface area contributed by atoms with Crippen molar-refractivity contribution >= 4 is 21.9 Å². The van der Waals surface area contributed by atoms with Crippen molar-refractivity contribution in [3.05, 3.63) is 65.7 Å². The largest absolute Gasteiger partial charge is 0.452 e. The number of benzene rings is 2. The van der Waals surface area contributed by atoms with Crippen molar-refractivity contribution in [2.24, 2.45) is 5.92 Å². The van der Waals surface area contributed by atoms with E-state index in [1.807, 2.05) is 37.3 Å². The maximum atomic E-state index is 12.9. The Morgan fingerprint density at radius 3 is 2.26 bits per heavy atom. The van der Waals surface area contributed by atoms with E-state index in [0.29, 0.717) is 12.8 Å². The topological polar surface area (TPSA) is 92.8 Å². The number of rotatable bonds is 9. The molecule has 0 aliphatic carbocycles. The average Bonchev–Trinajstić information content (AvgIpc) is 2.84. The lowest BCUT2D eigenvalue weighted by Gasteiger charge is -2.30. The van der Waals surface area contributed by atoms with E-state index < -0.39 is 28.0 Å². The third-order valence-electron chi connectivity index (χ3n) is 6.20. The molecule has 0 aromatic heterocycles. The van der Waals surface area contributed by atoms with E-state index in [4.69, 9.17) is 4.74 Å². The fourth-order valence-electron chi connectivity index (χ4n) is 4.10. The third kappa shape index (κ3) is 6.45. The molecule has 0 bridgehead atoms. The second-order valence-corrected chi connectivity index (χ2v) is 10.8. The molecule has 2 atom stereocenters. The van der Waals surface area contributed by atoms with Gasteiger partial charge in [-0.3, -0.25) is 9.59 Å². The first-order chi connectivity index (χ1) is 16.2. The number of hydrogen-bond acceptors (Lipinski definition) is 5. The summed E-state index contributed by atoms with van der Waals surface area (Å²) in [6, 6.07) is 16.3. The van der Waals surface area contributed by atoms with Crippen molar-refractivity contribution in [1.82, 2.24) is 9.62 Å². The van der Waals surface area contributed by atoms with Crippen molar-refractivity contribution in [1.29, 1.82) is 0 Å². The van der Waals surface area contributed by atoms with Gasteiger partial charge in [0.15, 0.2) is 6.10 Å². The Bertz CT molecular complexity index is 1060. The van der Waals surface area contributed by atoms with Gasteiger partial charge in [-0.1, -0.05) is 61.4 Å². The molecule has 8 heteroatoms. The van der Waals surface area contributed by atoms with Crippen LogP contribution in [0.3, 0.4) is 0 Å². The molecule has 1 N–H and O–H groups in total. The number of carbonyl (C=O) groups excluding carboxylic acids is 2. The molecule has 0 saturated carbocycles. The fourth-order valence-corrected chi connectivity index (χ4v) is 5.57. The van der Waals surface area contributed by atoms with Gasteiger partial charge in [-0.05, 0) is 50.8 Å². The molecular formula is C26H34N2O5S. The zero-order valence-electron chi connectivity index (χ0n) is 20.1. The van der Waals surface area contributed by atoms with Crippen LogP contribution in [0.1, 0.15) is 56.7 Å². The molecule has 34 heavy (non-hydrogen) atoms. The molecule has 7 nitrogen and oxygen atoms in total. The van der Waals surface area contributed by atoms with E-state index in [1.165, 1.54) is 4.31 Å². The molecule has 0 spiro atoms. The summed E-state index contributed by atoms with van der Waals surface area (Å²) in [5, 5.41) is 2.99. The number of esters is 1. The molecule has 1 fully saturated rings. The lowest BCUT2D eigenvalue weighted by atomic mass is 9.98. The predicted molar refractivity (Wildman–Crippen MR) is 130 cm³/mol. The van der Waals surface area contributed by atoms with Crippen LogP contribution in [0.2, 0.25) is 0 Å². The molecule has 1 amide bonds. The number of ether oxygens (including phenoxy) is 1. The molecule has 2 aromatic rings. The summed E-state index contributed by atoms with van der Waals surface area (Å²) in [7, 11) is -3.59. The number of sulfonamides is 1. The molecule has 2 unspecified atom stereocenters. The number of hydrogen-bond donors (Lipinski definition) is 1. The van der Waals surface area contributed by atoms with Gasteiger partial charge in [0.25, 0.3) is 5.91 Å². The van der Waals surface area contributed by atoms with Crippen LogP contribution in [0.25, 0.3) is 0 Å². The summed E-state index contributed by atoms with van der Waals surface area (Å²) in [6.45, 7) is 6.00. The van der Waals surface area contributed by atoms with Crippen molar-refractivity contribution in [2.45, 2.75) is 63.5 Å². The lowest BCUT2D eigenvalue weighted by molar-refractivity contribution is -0.160. The summed E-state index contributed by atoms with van der Waals surface area (Å²) in [6.07, 6.45) is 1.48. The molecule has 1 saturated heterocycles. The van der Waals surface area contributed by atoms with E-state index in [-0.39, 0.29) is 29.9 Å². The Balaban J connectivity index is 1.53. The zero-order chi connectivity index (χ0) is 24.7. The van der Waals surface area contributed by atoms with Gasteiger partial charge >= 0.3 is 5.97 Å². The normalized spacial score (nSPS) is 17.0. The Hall–Kier alpha value is -2.71. The van der Waals surface area contributed by atoms with Gasteiger partial charge in [0.1, 0.15) is 0 Å². The molecule has 0 radical (unpaired) electrons. The van der Waals surface area contributed by atoms with Crippen LogP contribution < -0.4 is 5.32 Å². The van der Waals surface area contributed by atoms with Crippen LogP contribution in [0, 0.1) is 12.8 Å². The summed E-state index contributed by atoms with van der Waals surface area (Å²) in [5.41, 5.74) is 2.00. The molecule has 1 heterocycles. The van der Waals surface area contributed by atoms with E-state index in [1.54, 1.807) is 31.2 Å². The highest BCUT2D eigenvalue weighted by Gasteiger charge is 2.34. The molecular weight excluding hydrogens is 452 g/mol. The van der Waals surface area contributed by atoms with E-state index in [0.717, 1.165) is 24.0 Å². The fraction of sp³-hybridized carbons (Fsp3) is 0.462. The van der Waals surface area contributed by atoms with Gasteiger partial charge in [-0.2, -0.15) is 4.31 Å². The van der Waals surface area contributed by atoms with Crippen LogP contribution in [-0.4, -0.2) is 43.8 Å². The quantitative estimate of drug-likeness (QED) is 0.541. The highest BCUT2D eigenvalue weighted by atomic mass is 32.2. The monoisotopic (exact) mass is 486 g/mol. The van der Waals surface area contributed by atoms with E-state index in [9.17, 15) is 18.0 Å². The first-order valence-electron chi connectivity index (χ1n) is 11.8. The van der Waals surface area contributed by atoms with Gasteiger partial charge in [0, 0.05) is 13.1 Å². The average molecular weight is 487 g/mol. The van der Waals surface area contributed by atoms with Gasteiger partial charge in [0.05, 0.1) is 16.9 Å². The zero-order valence-corrected chi connectivity index (χ0v) is 20.9. The number of amides is 1. The van der Waals surface area contributed by atoms with Crippen molar-refractivity contribution in [3.8, 4) is 0 Å². The maximum Gasteiger partial charge on any atom is 0.309 e. The van der Waals surface area contributed by atoms with Crippen LogP contribution in [-0.2, 0) is 24.3 Å². The SMILES string of the molecule is CCCC(NC(=O)C(C)OC(=O)C1CCN(S(=O)(=O)c2ccc(C)cc2)CC1)c1ccccc1. The number of nitrogens with zero attached hydrogens (tertiary/aromatic N) is 1. The van der Waals surface area contributed by atoms with Crippen molar-refractivity contribution in [3.63, 3.8) is 0 Å². The number of piperidine rings is 1. The second-order valence-electron chi connectivity index (χ2n) is 8.83. The van der Waals surface area contributed by atoms with Gasteiger partial charge < -0.3 is 10.1 Å². The number of nitrogens with one attached hydrogen (secondary N) is 1. The van der Waals surface area contributed by atoms with Crippen LogP contribution in [0.5, 0.6) is 0 Å². The first kappa shape index (κ1) is 25.9. The summed E-state index contributed by atoms with van der Waals surface area (Å²) < 4.78 is 32.6. The highest BCUT2D eigenvalue weighted by molar-refractivity contribution is 7.89. The van der Waals surface area contributed by atoms with Crippen LogP contribution in [0.15, 0.2) is 59.5 Å². The van der Waals surface area contributed by atoms with Gasteiger partial charge in [-0.25, -0.2) is 8.42 Å². The molecule has 2 aromatic carbocycles. The molecule has 1 aliphatic heterocycles. The summed E-state index contributed by atoms with van der Waals surface area (Å²) in [4.78, 5) is 25.7. The minimum atomic E-state index is -3.59. The minimum Gasteiger partial charge on any atom is -0.452 e. The number of aryl methyl sites for hydroxylation is 1. The minimum absolute atomic E-state index is 0.143. The second kappa shape index (κ2) is 11.6. The third-order valence-corrected chi connectivity index (χ3v) is 8.12. The Morgan fingerprint density at radius 2 is 1.68 bits per heavy atom. The molecule has 184 valence electrons. The number of carbonyl (C=O) groups is 2. The van der Waals surface area contributed by atoms with Gasteiger partial charge in [-0.15, -0.1) is 0 Å². The Labute approximate surface area is 202 Å². The smallest absolute Gasteiger partial charge is 0.309 e. The lowest BCUT2D eigenvalue weighted by Crippen LogP contribution is -2.43. The Morgan fingerprint density at radius 1 is 1.06 bits per heavy atom. The molecule has 1 aliphatic rings. The first-order valence-corrected chi connectivity index (χ1v) is 13.3. The van der Waals surface area contributed by atoms with Crippen molar-refractivity contribution in [2.75, 3.05) is 13.1 Å². The summed E-state index contributed by atoms with van der Waals surface area (Å²) in [5.74, 6) is -1.22. The van der Waals surface area contributed by atoms with E-state index in [2.05, 4.69) is 12.2 Å². The van der Waals surface area contributed by atoms with Crippen LogP contribution in [0.4, 0.5) is 0 Å².